The molecule has 1 aliphatic rings. The third-order valence-electron chi connectivity index (χ3n) is 3.28. The van der Waals surface area contributed by atoms with Crippen LogP contribution >= 0.6 is 0 Å². The van der Waals surface area contributed by atoms with E-state index in [-0.39, 0.29) is 17.4 Å². The number of nitrogens with zero attached hydrogens (tertiary/aromatic N) is 2. The minimum atomic E-state index is -0.767. The fourth-order valence-electron chi connectivity index (χ4n) is 2.13. The number of amides is 2. The largest absolute Gasteiger partial charge is 0.409 e. The molecule has 0 spiro atoms. The SMILES string of the molecule is CN1CCC(NC(=O)NC(C)(C)C)(/C(N)=N/O)CC1. The van der Waals surface area contributed by atoms with Crippen molar-refractivity contribution in [2.75, 3.05) is 20.1 Å². The first-order valence-electron chi connectivity index (χ1n) is 6.45. The highest BCUT2D eigenvalue weighted by molar-refractivity contribution is 5.93. The smallest absolute Gasteiger partial charge is 0.316 e. The molecular formula is C12H25N5O2. The molecule has 0 aromatic carbocycles. The second kappa shape index (κ2) is 5.64. The van der Waals surface area contributed by atoms with Gasteiger partial charge in [-0.05, 0) is 40.7 Å². The number of oxime groups is 1. The summed E-state index contributed by atoms with van der Waals surface area (Å²) in [5.74, 6) is 0.0599. The Labute approximate surface area is 114 Å². The highest BCUT2D eigenvalue weighted by atomic mass is 16.4. The lowest BCUT2D eigenvalue weighted by molar-refractivity contribution is 0.185. The fraction of sp³-hybridized carbons (Fsp3) is 0.833. The van der Waals surface area contributed by atoms with Crippen LogP contribution in [-0.2, 0) is 0 Å². The molecule has 1 rings (SSSR count). The molecule has 19 heavy (non-hydrogen) atoms. The van der Waals surface area contributed by atoms with E-state index in [4.69, 9.17) is 10.9 Å². The van der Waals surface area contributed by atoms with E-state index in [1.165, 1.54) is 0 Å². The van der Waals surface area contributed by atoms with Gasteiger partial charge in [0.2, 0.25) is 0 Å². The van der Waals surface area contributed by atoms with Gasteiger partial charge < -0.3 is 26.5 Å². The number of carbonyl (C=O) groups excluding carboxylic acids is 1. The molecule has 1 aliphatic heterocycles. The Morgan fingerprint density at radius 3 is 2.32 bits per heavy atom. The van der Waals surface area contributed by atoms with Gasteiger partial charge in [-0.1, -0.05) is 5.16 Å². The molecule has 0 unspecified atom stereocenters. The minimum absolute atomic E-state index is 0.0599. The van der Waals surface area contributed by atoms with Gasteiger partial charge in [-0.15, -0.1) is 0 Å². The van der Waals surface area contributed by atoms with E-state index in [2.05, 4.69) is 20.7 Å². The van der Waals surface area contributed by atoms with Crippen molar-refractivity contribution in [3.05, 3.63) is 0 Å². The van der Waals surface area contributed by atoms with E-state index in [0.29, 0.717) is 12.8 Å². The molecule has 0 radical (unpaired) electrons. The molecule has 0 aliphatic carbocycles. The minimum Gasteiger partial charge on any atom is -0.409 e. The summed E-state index contributed by atoms with van der Waals surface area (Å²) in [5, 5.41) is 17.7. The summed E-state index contributed by atoms with van der Waals surface area (Å²) in [4.78, 5) is 14.2. The third-order valence-corrected chi connectivity index (χ3v) is 3.28. The lowest BCUT2D eigenvalue weighted by Crippen LogP contribution is -2.64. The molecule has 0 aromatic rings. The number of rotatable bonds is 2. The van der Waals surface area contributed by atoms with Crippen molar-refractivity contribution in [2.24, 2.45) is 10.9 Å². The fourth-order valence-corrected chi connectivity index (χ4v) is 2.13. The van der Waals surface area contributed by atoms with Gasteiger partial charge in [-0.3, -0.25) is 0 Å². The first-order chi connectivity index (χ1) is 8.68. The van der Waals surface area contributed by atoms with E-state index in [9.17, 15) is 4.79 Å². The van der Waals surface area contributed by atoms with E-state index in [1.54, 1.807) is 0 Å². The van der Waals surface area contributed by atoms with Gasteiger partial charge in [0.05, 0.1) is 0 Å². The van der Waals surface area contributed by atoms with Crippen LogP contribution in [0.15, 0.2) is 5.16 Å². The van der Waals surface area contributed by atoms with Crippen LogP contribution in [0.2, 0.25) is 0 Å². The highest BCUT2D eigenvalue weighted by Gasteiger charge is 2.40. The molecule has 7 heteroatoms. The van der Waals surface area contributed by atoms with E-state index in [1.807, 2.05) is 27.8 Å². The van der Waals surface area contributed by atoms with Crippen molar-refractivity contribution < 1.29 is 10.0 Å². The van der Waals surface area contributed by atoms with Gasteiger partial charge in [0.25, 0.3) is 0 Å². The van der Waals surface area contributed by atoms with Crippen LogP contribution in [0.3, 0.4) is 0 Å². The molecule has 5 N–H and O–H groups in total. The number of nitrogens with two attached hydrogens (primary N) is 1. The first-order valence-corrected chi connectivity index (χ1v) is 6.45. The van der Waals surface area contributed by atoms with Crippen molar-refractivity contribution in [3.63, 3.8) is 0 Å². The maximum atomic E-state index is 12.0. The normalized spacial score (nSPS) is 20.9. The predicted octanol–water partition coefficient (Wildman–Crippen LogP) is 0.295. The molecule has 1 heterocycles. The topological polar surface area (TPSA) is 103 Å². The van der Waals surface area contributed by atoms with Gasteiger partial charge in [0.1, 0.15) is 5.54 Å². The van der Waals surface area contributed by atoms with Crippen molar-refractivity contribution in [3.8, 4) is 0 Å². The number of carbonyl (C=O) groups is 1. The number of piperidine rings is 1. The highest BCUT2D eigenvalue weighted by Crippen LogP contribution is 2.22. The molecular weight excluding hydrogens is 246 g/mol. The Bertz CT molecular complexity index is 354. The average molecular weight is 271 g/mol. The Hall–Kier alpha value is -1.50. The Kier molecular flexibility index (Phi) is 4.62. The van der Waals surface area contributed by atoms with Gasteiger partial charge in [-0.2, -0.15) is 0 Å². The number of hydrogen-bond acceptors (Lipinski definition) is 4. The van der Waals surface area contributed by atoms with Crippen LogP contribution in [0, 0.1) is 0 Å². The molecule has 7 nitrogen and oxygen atoms in total. The summed E-state index contributed by atoms with van der Waals surface area (Å²) in [5.41, 5.74) is 4.68. The van der Waals surface area contributed by atoms with E-state index < -0.39 is 5.54 Å². The van der Waals surface area contributed by atoms with Gasteiger partial charge >= 0.3 is 6.03 Å². The van der Waals surface area contributed by atoms with Crippen LogP contribution in [-0.4, -0.2) is 53.2 Å². The number of amidine groups is 1. The van der Waals surface area contributed by atoms with Crippen molar-refractivity contribution in [1.82, 2.24) is 15.5 Å². The van der Waals surface area contributed by atoms with E-state index >= 15 is 0 Å². The summed E-state index contributed by atoms with van der Waals surface area (Å²) in [6, 6.07) is -0.302. The van der Waals surface area contributed by atoms with Crippen molar-refractivity contribution >= 4 is 11.9 Å². The first kappa shape index (κ1) is 15.6. The second-order valence-electron chi connectivity index (χ2n) is 6.20. The zero-order valence-electron chi connectivity index (χ0n) is 12.2. The summed E-state index contributed by atoms with van der Waals surface area (Å²) in [6.45, 7) is 7.27. The van der Waals surface area contributed by atoms with Gasteiger partial charge in [-0.25, -0.2) is 4.79 Å². The molecule has 110 valence electrons. The summed E-state index contributed by atoms with van der Waals surface area (Å²) in [6.07, 6.45) is 1.24. The number of nitrogens with one attached hydrogen (secondary N) is 2. The van der Waals surface area contributed by atoms with Crippen LogP contribution in [0.5, 0.6) is 0 Å². The maximum absolute atomic E-state index is 12.0. The van der Waals surface area contributed by atoms with Gasteiger partial charge in [0.15, 0.2) is 5.84 Å². The number of hydrogen-bond donors (Lipinski definition) is 4. The van der Waals surface area contributed by atoms with Crippen LogP contribution in [0.25, 0.3) is 0 Å². The van der Waals surface area contributed by atoms with Crippen LogP contribution < -0.4 is 16.4 Å². The zero-order chi connectivity index (χ0) is 14.7. The molecule has 1 fully saturated rings. The second-order valence-corrected chi connectivity index (χ2v) is 6.20. The van der Waals surface area contributed by atoms with E-state index in [0.717, 1.165) is 13.1 Å². The number of likely N-dealkylation sites (tertiary alicyclic amines) is 1. The Morgan fingerprint density at radius 2 is 1.89 bits per heavy atom. The third kappa shape index (κ3) is 4.27. The summed E-state index contributed by atoms with van der Waals surface area (Å²) < 4.78 is 0. The standard InChI is InChI=1S/C12H25N5O2/c1-11(2,3)14-10(18)15-12(9(13)16-19)5-7-17(4)8-6-12/h19H,5-8H2,1-4H3,(H2,13,16)(H2,14,15,18). The van der Waals surface area contributed by atoms with Crippen molar-refractivity contribution in [1.29, 1.82) is 0 Å². The monoisotopic (exact) mass is 271 g/mol. The molecule has 2 amide bonds. The maximum Gasteiger partial charge on any atom is 0.316 e. The molecule has 1 saturated heterocycles. The quantitative estimate of drug-likeness (QED) is 0.251. The van der Waals surface area contributed by atoms with Crippen LogP contribution in [0.1, 0.15) is 33.6 Å². The lowest BCUT2D eigenvalue weighted by Gasteiger charge is -2.40. The van der Waals surface area contributed by atoms with Crippen molar-refractivity contribution in [2.45, 2.75) is 44.7 Å². The molecule has 0 aromatic heterocycles. The van der Waals surface area contributed by atoms with Crippen LogP contribution in [0.4, 0.5) is 4.79 Å². The molecule has 0 atom stereocenters. The number of urea groups is 1. The Morgan fingerprint density at radius 1 is 1.37 bits per heavy atom. The Balaban J connectivity index is 2.79. The summed E-state index contributed by atoms with van der Waals surface area (Å²) in [7, 11) is 2.01. The summed E-state index contributed by atoms with van der Waals surface area (Å²) >= 11 is 0. The predicted molar refractivity (Wildman–Crippen MR) is 74.3 cm³/mol. The average Bonchev–Trinajstić information content (AvgIpc) is 2.29. The molecule has 0 bridgehead atoms. The lowest BCUT2D eigenvalue weighted by atomic mass is 9.86. The zero-order valence-corrected chi connectivity index (χ0v) is 12.2. The van der Waals surface area contributed by atoms with Gasteiger partial charge in [0, 0.05) is 18.6 Å². The molecule has 0 saturated carbocycles.